The summed E-state index contributed by atoms with van der Waals surface area (Å²) in [5.74, 6) is 0.135. The molecule has 1 N–H and O–H groups in total. The van der Waals surface area contributed by atoms with Gasteiger partial charge in [0.25, 0.3) is 0 Å². The maximum Gasteiger partial charge on any atom is 0.419 e. The van der Waals surface area contributed by atoms with E-state index in [-0.39, 0.29) is 11.6 Å². The van der Waals surface area contributed by atoms with Gasteiger partial charge in [-0.2, -0.15) is 13.2 Å². The standard InChI is InChI=1S/C23H17F3N4/c24-23(25,26)19-15-29-22(30-21(19)18-6-2-1-3-7-18)28-14-16-9-11-17(12-10-16)20-8-4-5-13-27-20/h1-13,15H,14H2,(H,28,29,30). The van der Waals surface area contributed by atoms with Gasteiger partial charge < -0.3 is 5.32 Å². The zero-order valence-corrected chi connectivity index (χ0v) is 15.8. The fourth-order valence-corrected chi connectivity index (χ4v) is 3.00. The highest BCUT2D eigenvalue weighted by Gasteiger charge is 2.35. The molecule has 0 saturated carbocycles. The molecule has 0 aliphatic heterocycles. The molecular weight excluding hydrogens is 389 g/mol. The van der Waals surface area contributed by atoms with Crippen LogP contribution >= 0.6 is 0 Å². The van der Waals surface area contributed by atoms with Crippen LogP contribution in [0.2, 0.25) is 0 Å². The molecule has 0 atom stereocenters. The van der Waals surface area contributed by atoms with Crippen molar-refractivity contribution in [3.05, 3.63) is 96.3 Å². The summed E-state index contributed by atoms with van der Waals surface area (Å²) in [6.45, 7) is 0.377. The van der Waals surface area contributed by atoms with Crippen molar-refractivity contribution in [1.82, 2.24) is 15.0 Å². The first kappa shape index (κ1) is 19.6. The topological polar surface area (TPSA) is 50.7 Å². The molecule has 0 aliphatic rings. The van der Waals surface area contributed by atoms with Crippen LogP contribution in [0.15, 0.2) is 85.2 Å². The zero-order chi connectivity index (χ0) is 21.0. The van der Waals surface area contributed by atoms with Crippen LogP contribution in [0.4, 0.5) is 19.1 Å². The van der Waals surface area contributed by atoms with Gasteiger partial charge in [-0.3, -0.25) is 4.98 Å². The Morgan fingerprint density at radius 1 is 0.767 bits per heavy atom. The minimum Gasteiger partial charge on any atom is -0.350 e. The van der Waals surface area contributed by atoms with Crippen molar-refractivity contribution in [3.63, 3.8) is 0 Å². The van der Waals surface area contributed by atoms with Gasteiger partial charge in [0.05, 0.1) is 11.4 Å². The molecule has 0 aliphatic carbocycles. The summed E-state index contributed by atoms with van der Waals surface area (Å²) < 4.78 is 40.2. The highest BCUT2D eigenvalue weighted by Crippen LogP contribution is 2.36. The predicted molar refractivity (Wildman–Crippen MR) is 109 cm³/mol. The molecule has 0 spiro atoms. The summed E-state index contributed by atoms with van der Waals surface area (Å²) in [5, 5.41) is 3.00. The van der Waals surface area contributed by atoms with Gasteiger partial charge in [-0.25, -0.2) is 9.97 Å². The minimum absolute atomic E-state index is 0.135. The number of nitrogens with zero attached hydrogens (tertiary/aromatic N) is 3. The molecule has 4 aromatic rings. The molecule has 2 heterocycles. The summed E-state index contributed by atoms with van der Waals surface area (Å²) in [7, 11) is 0. The van der Waals surface area contributed by atoms with Crippen molar-refractivity contribution in [3.8, 4) is 22.5 Å². The SMILES string of the molecule is FC(F)(F)c1cnc(NCc2ccc(-c3ccccn3)cc2)nc1-c1ccccc1. The molecule has 0 unspecified atom stereocenters. The van der Waals surface area contributed by atoms with Crippen LogP contribution in [0.25, 0.3) is 22.5 Å². The molecule has 0 bridgehead atoms. The van der Waals surface area contributed by atoms with E-state index in [1.165, 1.54) is 0 Å². The molecule has 7 heteroatoms. The number of halogens is 3. The van der Waals surface area contributed by atoms with Gasteiger partial charge in [0.1, 0.15) is 5.56 Å². The highest BCUT2D eigenvalue weighted by molar-refractivity contribution is 5.64. The third-order valence-corrected chi connectivity index (χ3v) is 4.51. The summed E-state index contributed by atoms with van der Waals surface area (Å²) in [6, 6.07) is 21.7. The zero-order valence-electron chi connectivity index (χ0n) is 15.8. The monoisotopic (exact) mass is 406 g/mol. The largest absolute Gasteiger partial charge is 0.419 e. The molecule has 150 valence electrons. The van der Waals surface area contributed by atoms with E-state index in [1.807, 2.05) is 42.5 Å². The van der Waals surface area contributed by atoms with Crippen LogP contribution in [0.3, 0.4) is 0 Å². The number of hydrogen-bond donors (Lipinski definition) is 1. The number of pyridine rings is 1. The summed E-state index contributed by atoms with van der Waals surface area (Å²) in [6.07, 6.45) is -1.98. The van der Waals surface area contributed by atoms with E-state index in [0.29, 0.717) is 12.1 Å². The van der Waals surface area contributed by atoms with Gasteiger partial charge in [0, 0.05) is 30.1 Å². The summed E-state index contributed by atoms with van der Waals surface area (Å²) in [4.78, 5) is 12.3. The number of rotatable bonds is 5. The lowest BCUT2D eigenvalue weighted by Gasteiger charge is -2.14. The van der Waals surface area contributed by atoms with Crippen molar-refractivity contribution in [2.75, 3.05) is 5.32 Å². The fourth-order valence-electron chi connectivity index (χ4n) is 3.00. The molecule has 4 nitrogen and oxygen atoms in total. The third kappa shape index (κ3) is 4.46. The molecule has 2 aromatic heterocycles. The van der Waals surface area contributed by atoms with Gasteiger partial charge in [-0.1, -0.05) is 60.7 Å². The van der Waals surface area contributed by atoms with Crippen molar-refractivity contribution < 1.29 is 13.2 Å². The van der Waals surface area contributed by atoms with E-state index in [1.54, 1.807) is 36.5 Å². The van der Waals surface area contributed by atoms with Crippen molar-refractivity contribution >= 4 is 5.95 Å². The van der Waals surface area contributed by atoms with Crippen molar-refractivity contribution in [2.45, 2.75) is 12.7 Å². The van der Waals surface area contributed by atoms with E-state index < -0.39 is 11.7 Å². The van der Waals surface area contributed by atoms with E-state index in [2.05, 4.69) is 20.3 Å². The van der Waals surface area contributed by atoms with E-state index in [9.17, 15) is 13.2 Å². The molecule has 0 saturated heterocycles. The lowest BCUT2D eigenvalue weighted by molar-refractivity contribution is -0.137. The van der Waals surface area contributed by atoms with Crippen LogP contribution in [-0.4, -0.2) is 15.0 Å². The first-order valence-electron chi connectivity index (χ1n) is 9.24. The Balaban J connectivity index is 1.54. The van der Waals surface area contributed by atoms with Gasteiger partial charge in [0.2, 0.25) is 5.95 Å². The fraction of sp³-hybridized carbons (Fsp3) is 0.0870. The van der Waals surface area contributed by atoms with E-state index in [0.717, 1.165) is 23.0 Å². The summed E-state index contributed by atoms with van der Waals surface area (Å²) in [5.41, 5.74) is 2.17. The van der Waals surface area contributed by atoms with Gasteiger partial charge in [0.15, 0.2) is 0 Å². The second-order valence-corrected chi connectivity index (χ2v) is 6.59. The molecule has 0 radical (unpaired) electrons. The Bertz CT molecular complexity index is 1110. The number of anilines is 1. The second-order valence-electron chi connectivity index (χ2n) is 6.59. The number of benzene rings is 2. The third-order valence-electron chi connectivity index (χ3n) is 4.51. The van der Waals surface area contributed by atoms with Crippen LogP contribution in [-0.2, 0) is 12.7 Å². The van der Waals surface area contributed by atoms with Gasteiger partial charge >= 0.3 is 6.18 Å². The Morgan fingerprint density at radius 2 is 1.50 bits per heavy atom. The molecule has 4 rings (SSSR count). The Labute approximate surface area is 171 Å². The number of aromatic nitrogens is 3. The second kappa shape index (κ2) is 8.32. The van der Waals surface area contributed by atoms with Crippen LogP contribution in [0.5, 0.6) is 0 Å². The maximum absolute atomic E-state index is 13.4. The minimum atomic E-state index is -4.54. The molecular formula is C23H17F3N4. The Kier molecular flexibility index (Phi) is 5.43. The van der Waals surface area contributed by atoms with Gasteiger partial charge in [-0.05, 0) is 17.7 Å². The quantitative estimate of drug-likeness (QED) is 0.453. The number of hydrogen-bond acceptors (Lipinski definition) is 4. The smallest absolute Gasteiger partial charge is 0.350 e. The molecule has 0 amide bonds. The van der Waals surface area contributed by atoms with Crippen LogP contribution in [0, 0.1) is 0 Å². The normalized spacial score (nSPS) is 11.3. The maximum atomic E-state index is 13.4. The Hall–Kier alpha value is -3.74. The first-order chi connectivity index (χ1) is 14.5. The number of nitrogens with one attached hydrogen (secondary N) is 1. The van der Waals surface area contributed by atoms with Crippen LogP contribution in [0.1, 0.15) is 11.1 Å². The predicted octanol–water partition coefficient (Wildman–Crippen LogP) is 5.84. The highest BCUT2D eigenvalue weighted by atomic mass is 19.4. The number of alkyl halides is 3. The van der Waals surface area contributed by atoms with E-state index >= 15 is 0 Å². The van der Waals surface area contributed by atoms with E-state index in [4.69, 9.17) is 0 Å². The van der Waals surface area contributed by atoms with Crippen LogP contribution < -0.4 is 5.32 Å². The Morgan fingerprint density at radius 3 is 2.17 bits per heavy atom. The summed E-state index contributed by atoms with van der Waals surface area (Å²) >= 11 is 0. The average molecular weight is 406 g/mol. The average Bonchev–Trinajstić information content (AvgIpc) is 2.78. The van der Waals surface area contributed by atoms with Crippen molar-refractivity contribution in [2.24, 2.45) is 0 Å². The van der Waals surface area contributed by atoms with Gasteiger partial charge in [-0.15, -0.1) is 0 Å². The molecule has 30 heavy (non-hydrogen) atoms. The molecule has 0 fully saturated rings. The first-order valence-corrected chi connectivity index (χ1v) is 9.24. The lowest BCUT2D eigenvalue weighted by Crippen LogP contribution is -2.12. The lowest BCUT2D eigenvalue weighted by atomic mass is 10.1. The molecule has 2 aromatic carbocycles. The van der Waals surface area contributed by atoms with Crippen molar-refractivity contribution in [1.29, 1.82) is 0 Å².